The first-order valence-corrected chi connectivity index (χ1v) is 4.17. The lowest BCUT2D eigenvalue weighted by atomic mass is 10.1. The van der Waals surface area contributed by atoms with Crippen LogP contribution in [0.2, 0.25) is 5.02 Å². The van der Waals surface area contributed by atoms with Gasteiger partial charge < -0.3 is 5.73 Å². The maximum atomic E-state index is 5.97. The number of hydrogen-bond donors (Lipinski definition) is 1. The first kappa shape index (κ1) is 7.14. The summed E-state index contributed by atoms with van der Waals surface area (Å²) in [5.41, 5.74) is 6.92. The summed E-state index contributed by atoms with van der Waals surface area (Å²) in [6.07, 6.45) is 1.09. The smallest absolute Gasteiger partial charge is 0.0441 e. The second-order valence-electron chi connectivity index (χ2n) is 3.03. The van der Waals surface area contributed by atoms with E-state index in [4.69, 9.17) is 17.3 Å². The quantitative estimate of drug-likeness (QED) is 0.682. The van der Waals surface area contributed by atoms with Crippen LogP contribution in [0.3, 0.4) is 0 Å². The van der Waals surface area contributed by atoms with Gasteiger partial charge in [0.15, 0.2) is 0 Å². The van der Waals surface area contributed by atoms with Crippen LogP contribution in [-0.4, -0.2) is 6.04 Å². The lowest BCUT2D eigenvalue weighted by Crippen LogP contribution is -2.00. The predicted octanol–water partition coefficient (Wildman–Crippen LogP) is 2.15. The third-order valence-corrected chi connectivity index (χ3v) is 2.49. The first-order valence-electron chi connectivity index (χ1n) is 3.79. The van der Waals surface area contributed by atoms with E-state index in [1.165, 1.54) is 5.56 Å². The standard InChI is InChI=1S/C9H10ClN/c10-8-4-2-1-3-6(8)7-5-9(7)11/h1-4,7,9H,5,11H2. The lowest BCUT2D eigenvalue weighted by molar-refractivity contribution is 0.991. The SMILES string of the molecule is NC1CC1c1ccccc1Cl. The molecular weight excluding hydrogens is 158 g/mol. The Morgan fingerprint density at radius 3 is 2.55 bits per heavy atom. The molecular formula is C9H10ClN. The molecule has 0 aliphatic heterocycles. The van der Waals surface area contributed by atoms with Crippen molar-refractivity contribution in [1.29, 1.82) is 0 Å². The van der Waals surface area contributed by atoms with Gasteiger partial charge in [-0.2, -0.15) is 0 Å². The average Bonchev–Trinajstić information content (AvgIpc) is 2.68. The van der Waals surface area contributed by atoms with Crippen molar-refractivity contribution in [3.8, 4) is 0 Å². The normalized spacial score (nSPS) is 28.5. The van der Waals surface area contributed by atoms with Gasteiger partial charge in [-0.1, -0.05) is 29.8 Å². The fraction of sp³-hybridized carbons (Fsp3) is 0.333. The molecule has 0 aromatic heterocycles. The van der Waals surface area contributed by atoms with Crippen molar-refractivity contribution in [2.45, 2.75) is 18.4 Å². The maximum Gasteiger partial charge on any atom is 0.0441 e. The Balaban J connectivity index is 2.31. The molecule has 0 spiro atoms. The third-order valence-electron chi connectivity index (χ3n) is 2.14. The van der Waals surface area contributed by atoms with Crippen molar-refractivity contribution in [1.82, 2.24) is 0 Å². The zero-order valence-electron chi connectivity index (χ0n) is 6.13. The monoisotopic (exact) mass is 167 g/mol. The van der Waals surface area contributed by atoms with Gasteiger partial charge in [-0.15, -0.1) is 0 Å². The molecule has 1 aliphatic carbocycles. The minimum absolute atomic E-state index is 0.342. The molecule has 2 N–H and O–H groups in total. The van der Waals surface area contributed by atoms with Crippen molar-refractivity contribution >= 4 is 11.6 Å². The molecule has 1 aliphatic rings. The Kier molecular flexibility index (Phi) is 1.63. The molecule has 1 fully saturated rings. The fourth-order valence-electron chi connectivity index (χ4n) is 1.35. The number of rotatable bonds is 1. The minimum atomic E-state index is 0.342. The van der Waals surface area contributed by atoms with Gasteiger partial charge in [-0.3, -0.25) is 0 Å². The second kappa shape index (κ2) is 2.50. The largest absolute Gasteiger partial charge is 0.327 e. The van der Waals surface area contributed by atoms with Gasteiger partial charge in [-0.05, 0) is 18.1 Å². The first-order chi connectivity index (χ1) is 5.29. The van der Waals surface area contributed by atoms with Crippen LogP contribution >= 0.6 is 11.6 Å². The molecule has 2 atom stereocenters. The third kappa shape index (κ3) is 1.26. The Hall–Kier alpha value is -0.530. The van der Waals surface area contributed by atoms with E-state index in [-0.39, 0.29) is 0 Å². The number of hydrogen-bond acceptors (Lipinski definition) is 1. The number of benzene rings is 1. The highest BCUT2D eigenvalue weighted by atomic mass is 35.5. The summed E-state index contributed by atoms with van der Waals surface area (Å²) >= 11 is 5.97. The lowest BCUT2D eigenvalue weighted by Gasteiger charge is -1.99. The molecule has 0 bridgehead atoms. The van der Waals surface area contributed by atoms with E-state index in [0.29, 0.717) is 12.0 Å². The molecule has 0 radical (unpaired) electrons. The van der Waals surface area contributed by atoms with Gasteiger partial charge in [0.1, 0.15) is 0 Å². The summed E-state index contributed by atoms with van der Waals surface area (Å²) < 4.78 is 0. The second-order valence-corrected chi connectivity index (χ2v) is 3.43. The van der Waals surface area contributed by atoms with E-state index in [1.54, 1.807) is 0 Å². The summed E-state index contributed by atoms with van der Waals surface area (Å²) in [7, 11) is 0. The molecule has 1 saturated carbocycles. The summed E-state index contributed by atoms with van der Waals surface area (Å²) in [5.74, 6) is 0.517. The van der Waals surface area contributed by atoms with Crippen molar-refractivity contribution < 1.29 is 0 Å². The van der Waals surface area contributed by atoms with E-state index in [2.05, 4.69) is 6.07 Å². The van der Waals surface area contributed by atoms with Crippen LogP contribution in [0, 0.1) is 0 Å². The van der Waals surface area contributed by atoms with Crippen LogP contribution in [0.15, 0.2) is 24.3 Å². The zero-order chi connectivity index (χ0) is 7.84. The van der Waals surface area contributed by atoms with Crippen LogP contribution in [0.4, 0.5) is 0 Å². The Labute approximate surface area is 71.2 Å². The summed E-state index contributed by atoms with van der Waals surface area (Å²) in [6.45, 7) is 0. The van der Waals surface area contributed by atoms with Gasteiger partial charge in [0.2, 0.25) is 0 Å². The van der Waals surface area contributed by atoms with E-state index in [1.807, 2.05) is 18.2 Å². The Bertz CT molecular complexity index is 272. The van der Waals surface area contributed by atoms with Gasteiger partial charge >= 0.3 is 0 Å². The molecule has 1 nitrogen and oxygen atoms in total. The molecule has 58 valence electrons. The van der Waals surface area contributed by atoms with Gasteiger partial charge in [-0.25, -0.2) is 0 Å². The molecule has 2 heteroatoms. The van der Waals surface area contributed by atoms with Gasteiger partial charge in [0.25, 0.3) is 0 Å². The van der Waals surface area contributed by atoms with Crippen LogP contribution in [-0.2, 0) is 0 Å². The highest BCUT2D eigenvalue weighted by Crippen LogP contribution is 2.41. The van der Waals surface area contributed by atoms with Crippen LogP contribution < -0.4 is 5.73 Å². The van der Waals surface area contributed by atoms with Gasteiger partial charge in [0, 0.05) is 17.0 Å². The summed E-state index contributed by atoms with van der Waals surface area (Å²) in [5, 5.41) is 0.852. The number of nitrogens with two attached hydrogens (primary N) is 1. The van der Waals surface area contributed by atoms with Crippen LogP contribution in [0.25, 0.3) is 0 Å². The molecule has 2 unspecified atom stereocenters. The average molecular weight is 168 g/mol. The topological polar surface area (TPSA) is 26.0 Å². The Morgan fingerprint density at radius 1 is 1.36 bits per heavy atom. The van der Waals surface area contributed by atoms with Crippen LogP contribution in [0.1, 0.15) is 17.9 Å². The minimum Gasteiger partial charge on any atom is -0.327 e. The molecule has 0 amide bonds. The fourth-order valence-corrected chi connectivity index (χ4v) is 1.62. The van der Waals surface area contributed by atoms with Gasteiger partial charge in [0.05, 0.1) is 0 Å². The molecule has 2 rings (SSSR count). The van der Waals surface area contributed by atoms with Crippen molar-refractivity contribution in [2.24, 2.45) is 5.73 Å². The summed E-state index contributed by atoms with van der Waals surface area (Å²) in [4.78, 5) is 0. The number of halogens is 1. The molecule has 0 saturated heterocycles. The molecule has 1 aromatic rings. The van der Waals surface area contributed by atoms with E-state index < -0.39 is 0 Å². The zero-order valence-corrected chi connectivity index (χ0v) is 6.88. The van der Waals surface area contributed by atoms with E-state index in [0.717, 1.165) is 11.4 Å². The van der Waals surface area contributed by atoms with E-state index >= 15 is 0 Å². The van der Waals surface area contributed by atoms with Crippen LogP contribution in [0.5, 0.6) is 0 Å². The highest BCUT2D eigenvalue weighted by Gasteiger charge is 2.35. The molecule has 0 heterocycles. The molecule has 11 heavy (non-hydrogen) atoms. The van der Waals surface area contributed by atoms with Crippen molar-refractivity contribution in [3.63, 3.8) is 0 Å². The summed E-state index contributed by atoms with van der Waals surface area (Å²) in [6, 6.07) is 8.27. The predicted molar refractivity (Wildman–Crippen MR) is 46.8 cm³/mol. The van der Waals surface area contributed by atoms with E-state index in [9.17, 15) is 0 Å². The maximum absolute atomic E-state index is 5.97. The molecule has 1 aromatic carbocycles. The highest BCUT2D eigenvalue weighted by molar-refractivity contribution is 6.31. The Morgan fingerprint density at radius 2 is 2.00 bits per heavy atom. The van der Waals surface area contributed by atoms with Crippen molar-refractivity contribution in [2.75, 3.05) is 0 Å². The van der Waals surface area contributed by atoms with Crippen molar-refractivity contribution in [3.05, 3.63) is 34.9 Å².